The fraction of sp³-hybridized carbons (Fsp3) is 0.118. The van der Waals surface area contributed by atoms with Crippen molar-refractivity contribution < 1.29 is 22.2 Å². The van der Waals surface area contributed by atoms with Crippen LogP contribution in [0.15, 0.2) is 63.8 Å². The van der Waals surface area contributed by atoms with Crippen molar-refractivity contribution in [3.05, 3.63) is 70.5 Å². The van der Waals surface area contributed by atoms with Crippen LogP contribution in [-0.2, 0) is 15.9 Å². The van der Waals surface area contributed by atoms with Crippen LogP contribution in [-0.4, -0.2) is 21.2 Å². The molecule has 0 N–H and O–H groups in total. The number of carbonyl (C=O) groups excluding carboxylic acids is 1. The minimum absolute atomic E-state index is 0.178. The maximum Gasteiger partial charge on any atom is 0.417 e. The highest BCUT2D eigenvalue weighted by atomic mass is 35.5. The summed E-state index contributed by atoms with van der Waals surface area (Å²) in [6.07, 6.45) is -2.06. The number of nitrogens with zero attached hydrogens (tertiary/aromatic N) is 3. The molecule has 27 heavy (non-hydrogen) atoms. The summed E-state index contributed by atoms with van der Waals surface area (Å²) < 4.78 is 54.0. The van der Waals surface area contributed by atoms with E-state index in [2.05, 4.69) is 9.35 Å². The Morgan fingerprint density at radius 2 is 1.89 bits per heavy atom. The van der Waals surface area contributed by atoms with E-state index in [0.717, 1.165) is 24.6 Å². The molecule has 1 aromatic heterocycles. The third kappa shape index (κ3) is 5.15. The molecule has 1 unspecified atom stereocenters. The van der Waals surface area contributed by atoms with Crippen LogP contribution in [0, 0.1) is 11.3 Å². The van der Waals surface area contributed by atoms with Crippen LogP contribution in [0.3, 0.4) is 0 Å². The van der Waals surface area contributed by atoms with E-state index in [1.807, 2.05) is 0 Å². The van der Waals surface area contributed by atoms with Gasteiger partial charge in [0.15, 0.2) is 0 Å². The first-order chi connectivity index (χ1) is 12.5. The smallest absolute Gasteiger partial charge is 0.288 e. The van der Waals surface area contributed by atoms with E-state index in [-0.39, 0.29) is 16.2 Å². The number of nitriles is 1. The minimum Gasteiger partial charge on any atom is -0.288 e. The number of hydrogen-bond acceptors (Lipinski definition) is 5. The van der Waals surface area contributed by atoms with Gasteiger partial charge in [0.1, 0.15) is 16.7 Å². The molecule has 0 fully saturated rings. The third-order valence-electron chi connectivity index (χ3n) is 3.31. The molecule has 0 aliphatic rings. The normalized spacial score (nSPS) is 14.1. The zero-order valence-electron chi connectivity index (χ0n) is 13.7. The average molecular weight is 414 g/mol. The summed E-state index contributed by atoms with van der Waals surface area (Å²) in [5.74, 6) is -0.659. The highest BCUT2D eigenvalue weighted by Crippen LogP contribution is 2.29. The van der Waals surface area contributed by atoms with Gasteiger partial charge in [0, 0.05) is 23.0 Å². The Morgan fingerprint density at radius 3 is 2.37 bits per heavy atom. The number of hydrogen-bond donors (Lipinski definition) is 0. The highest BCUT2D eigenvalue weighted by Gasteiger charge is 2.31. The van der Waals surface area contributed by atoms with Gasteiger partial charge >= 0.3 is 6.18 Å². The van der Waals surface area contributed by atoms with Crippen LogP contribution < -0.4 is 0 Å². The quantitative estimate of drug-likeness (QED) is 0.419. The zero-order chi connectivity index (χ0) is 20.2. The Kier molecular flexibility index (Phi) is 6.03. The fourth-order valence-corrected chi connectivity index (χ4v) is 2.98. The molecule has 5 nitrogen and oxygen atoms in total. The number of carbonyl (C=O) groups is 1. The second-order valence-electron chi connectivity index (χ2n) is 5.28. The third-order valence-corrected chi connectivity index (χ3v) is 5.08. The van der Waals surface area contributed by atoms with Crippen molar-refractivity contribution in [2.24, 2.45) is 4.36 Å². The fourth-order valence-electron chi connectivity index (χ4n) is 1.87. The molecule has 0 saturated carbocycles. The van der Waals surface area contributed by atoms with E-state index < -0.39 is 27.3 Å². The van der Waals surface area contributed by atoms with Gasteiger partial charge in [0.2, 0.25) is 5.78 Å². The number of Topliss-reactive ketones (excluding diaryl/α,β-unsaturated/α-hetero) is 1. The molecule has 2 aromatic rings. The van der Waals surface area contributed by atoms with Gasteiger partial charge in [-0.05, 0) is 36.4 Å². The number of pyridine rings is 1. The maximum atomic E-state index is 12.6. The molecule has 0 amide bonds. The van der Waals surface area contributed by atoms with E-state index in [1.165, 1.54) is 24.3 Å². The molecule has 1 atom stereocenters. The predicted molar refractivity (Wildman–Crippen MR) is 93.5 cm³/mol. The Balaban J connectivity index is 2.36. The summed E-state index contributed by atoms with van der Waals surface area (Å²) in [6, 6.07) is 9.09. The van der Waals surface area contributed by atoms with Crippen LogP contribution >= 0.6 is 11.6 Å². The summed E-state index contributed by atoms with van der Waals surface area (Å²) in [5, 5.41) is 9.35. The summed E-state index contributed by atoms with van der Waals surface area (Å²) in [5.41, 5.74) is -1.20. The zero-order valence-corrected chi connectivity index (χ0v) is 15.3. The lowest BCUT2D eigenvalue weighted by Crippen LogP contribution is -2.08. The first-order valence-corrected chi connectivity index (χ1v) is 9.50. The van der Waals surface area contributed by atoms with Crippen LogP contribution in [0.2, 0.25) is 5.02 Å². The number of benzene rings is 1. The minimum atomic E-state index is -4.57. The standard InChI is InChI=1S/C17H11ClF3N3O2S/c1-27(26,15-7-4-13(10-23-15)17(19,20)21)24-9-12(8-22)16(25)11-2-5-14(18)6-3-11/h2-7,9-10H,1H3. The van der Waals surface area contributed by atoms with Crippen molar-refractivity contribution in [2.75, 3.05) is 6.26 Å². The lowest BCUT2D eigenvalue weighted by Gasteiger charge is -2.07. The first kappa shape index (κ1) is 20.6. The van der Waals surface area contributed by atoms with Crippen LogP contribution in [0.25, 0.3) is 0 Å². The van der Waals surface area contributed by atoms with Crippen LogP contribution in [0.5, 0.6) is 0 Å². The molecule has 0 radical (unpaired) electrons. The van der Waals surface area contributed by atoms with Crippen LogP contribution in [0.4, 0.5) is 13.2 Å². The molecule has 0 aliphatic carbocycles. The molecule has 0 spiro atoms. The summed E-state index contributed by atoms with van der Waals surface area (Å²) in [6.45, 7) is 0. The van der Waals surface area contributed by atoms with Gasteiger partial charge in [0.05, 0.1) is 21.5 Å². The largest absolute Gasteiger partial charge is 0.417 e. The Bertz CT molecular complexity index is 1050. The van der Waals surface area contributed by atoms with Gasteiger partial charge in [-0.2, -0.15) is 18.4 Å². The van der Waals surface area contributed by atoms with Crippen molar-refractivity contribution in [3.63, 3.8) is 0 Å². The Morgan fingerprint density at radius 1 is 1.26 bits per heavy atom. The Labute approximate surface area is 158 Å². The predicted octanol–water partition coefficient (Wildman–Crippen LogP) is 4.50. The number of alkyl halides is 3. The molecule has 1 heterocycles. The molecule has 140 valence electrons. The number of aromatic nitrogens is 1. The molecule has 0 aliphatic heterocycles. The van der Waals surface area contributed by atoms with Crippen molar-refractivity contribution in [1.82, 2.24) is 4.98 Å². The van der Waals surface area contributed by atoms with E-state index in [9.17, 15) is 22.2 Å². The molecular weight excluding hydrogens is 403 g/mol. The second-order valence-corrected chi connectivity index (χ2v) is 7.95. The molecule has 10 heteroatoms. The maximum absolute atomic E-state index is 12.6. The second kappa shape index (κ2) is 7.90. The van der Waals surface area contributed by atoms with Crippen molar-refractivity contribution >= 4 is 27.1 Å². The van der Waals surface area contributed by atoms with Gasteiger partial charge < -0.3 is 0 Å². The van der Waals surface area contributed by atoms with E-state index in [0.29, 0.717) is 11.2 Å². The molecular formula is C17H11ClF3N3O2S. The lowest BCUT2D eigenvalue weighted by atomic mass is 10.1. The van der Waals surface area contributed by atoms with Crippen molar-refractivity contribution in [1.29, 1.82) is 5.26 Å². The summed E-state index contributed by atoms with van der Waals surface area (Å²) in [7, 11) is -3.25. The molecule has 2 rings (SSSR count). The highest BCUT2D eigenvalue weighted by molar-refractivity contribution is 7.92. The summed E-state index contributed by atoms with van der Waals surface area (Å²) in [4.78, 5) is 15.8. The number of allylic oxidation sites excluding steroid dienone is 1. The summed E-state index contributed by atoms with van der Waals surface area (Å²) >= 11 is 5.73. The first-order valence-electron chi connectivity index (χ1n) is 7.19. The van der Waals surface area contributed by atoms with Gasteiger partial charge in [-0.15, -0.1) is 0 Å². The van der Waals surface area contributed by atoms with Gasteiger partial charge in [-0.3, -0.25) is 4.79 Å². The van der Waals surface area contributed by atoms with Gasteiger partial charge in [0.25, 0.3) is 0 Å². The van der Waals surface area contributed by atoms with E-state index in [4.69, 9.17) is 16.9 Å². The number of rotatable bonds is 4. The van der Waals surface area contributed by atoms with Gasteiger partial charge in [-0.1, -0.05) is 11.6 Å². The number of halogens is 4. The topological polar surface area (TPSA) is 83.2 Å². The van der Waals surface area contributed by atoms with Crippen molar-refractivity contribution in [3.8, 4) is 6.07 Å². The van der Waals surface area contributed by atoms with E-state index >= 15 is 0 Å². The number of ketones is 1. The van der Waals surface area contributed by atoms with Crippen LogP contribution in [0.1, 0.15) is 15.9 Å². The monoisotopic (exact) mass is 413 g/mol. The van der Waals surface area contributed by atoms with Crippen molar-refractivity contribution in [2.45, 2.75) is 11.2 Å². The molecule has 1 aromatic carbocycles. The average Bonchev–Trinajstić information content (AvgIpc) is 2.62. The SMILES string of the molecule is CS(=O)(=NC=C(C#N)C(=O)c1ccc(Cl)cc1)c1ccc(C(F)(F)F)cn1. The molecule has 0 saturated heterocycles. The lowest BCUT2D eigenvalue weighted by molar-refractivity contribution is -0.137. The van der Waals surface area contributed by atoms with E-state index in [1.54, 1.807) is 6.07 Å². The Hall–Kier alpha value is -2.70. The van der Waals surface area contributed by atoms with Gasteiger partial charge in [-0.25, -0.2) is 13.6 Å². The molecule has 0 bridgehead atoms.